The van der Waals surface area contributed by atoms with Crippen LogP contribution in [0.4, 0.5) is 0 Å². The number of nitrogens with zero attached hydrogens (tertiary/aromatic N) is 2. The van der Waals surface area contributed by atoms with Crippen molar-refractivity contribution in [3.63, 3.8) is 0 Å². The number of rotatable bonds is 4. The Labute approximate surface area is 116 Å². The molecular weight excluding hydrogens is 264 g/mol. The smallest absolute Gasteiger partial charge is 0.239 e. The van der Waals surface area contributed by atoms with Gasteiger partial charge in [0.1, 0.15) is 5.75 Å². The molecule has 6 heteroatoms. The van der Waals surface area contributed by atoms with Gasteiger partial charge < -0.3 is 9.26 Å². The quantitative estimate of drug-likeness (QED) is 0.847. The van der Waals surface area contributed by atoms with E-state index in [1.165, 1.54) is 0 Å². The first-order valence-corrected chi connectivity index (χ1v) is 8.20. The Balaban J connectivity index is 1.86. The number of ether oxygens (including phenoxy) is 1. The van der Waals surface area contributed by atoms with Crippen molar-refractivity contribution in [3.8, 4) is 0 Å². The molecule has 1 aromatic heterocycles. The Hall–Kier alpha value is -0.750. The highest BCUT2D eigenvalue weighted by Gasteiger charge is 2.22. The minimum Gasteiger partial charge on any atom is -0.381 e. The molecule has 0 aliphatic carbocycles. The Morgan fingerprint density at radius 2 is 2.00 bits per heavy atom. The second kappa shape index (κ2) is 6.13. The summed E-state index contributed by atoms with van der Waals surface area (Å²) in [5.74, 6) is 2.72. The first kappa shape index (κ1) is 14.7. The van der Waals surface area contributed by atoms with Crippen LogP contribution in [0.1, 0.15) is 45.3 Å². The normalized spacial score (nSPS) is 19.5. The van der Waals surface area contributed by atoms with E-state index in [-0.39, 0.29) is 5.41 Å². The zero-order chi connectivity index (χ0) is 13.9. The fourth-order valence-electron chi connectivity index (χ4n) is 1.99. The molecule has 1 aliphatic rings. The molecule has 0 N–H and O–H groups in total. The van der Waals surface area contributed by atoms with Gasteiger partial charge in [-0.15, -0.1) is 0 Å². The van der Waals surface area contributed by atoms with Crippen LogP contribution in [0.25, 0.3) is 0 Å². The summed E-state index contributed by atoms with van der Waals surface area (Å²) in [5, 5.41) is 3.95. The second-order valence-electron chi connectivity index (χ2n) is 6.07. The van der Waals surface area contributed by atoms with E-state index < -0.39 is 10.8 Å². The SMILES string of the molecule is CC(C)(C)c1noc(CS(=O)CC2CCOCC2)n1. The van der Waals surface area contributed by atoms with E-state index in [9.17, 15) is 4.21 Å². The van der Waals surface area contributed by atoms with Crippen LogP contribution in [0.15, 0.2) is 4.52 Å². The highest BCUT2D eigenvalue weighted by atomic mass is 32.2. The highest BCUT2D eigenvalue weighted by molar-refractivity contribution is 7.84. The van der Waals surface area contributed by atoms with E-state index in [1.807, 2.05) is 20.8 Å². The van der Waals surface area contributed by atoms with Gasteiger partial charge in [0.25, 0.3) is 0 Å². The molecule has 2 heterocycles. The van der Waals surface area contributed by atoms with Crippen molar-refractivity contribution in [3.05, 3.63) is 11.7 Å². The van der Waals surface area contributed by atoms with Crippen molar-refractivity contribution in [1.82, 2.24) is 10.1 Å². The Morgan fingerprint density at radius 3 is 2.58 bits per heavy atom. The predicted molar refractivity (Wildman–Crippen MR) is 73.3 cm³/mol. The summed E-state index contributed by atoms with van der Waals surface area (Å²) in [7, 11) is -0.934. The average molecular weight is 286 g/mol. The third kappa shape index (κ3) is 4.38. The van der Waals surface area contributed by atoms with Crippen LogP contribution < -0.4 is 0 Å². The molecule has 0 bridgehead atoms. The second-order valence-corrected chi connectivity index (χ2v) is 7.57. The van der Waals surface area contributed by atoms with Crippen molar-refractivity contribution in [2.24, 2.45) is 5.92 Å². The maximum atomic E-state index is 12.1. The van der Waals surface area contributed by atoms with Gasteiger partial charge in [0.05, 0.1) is 0 Å². The monoisotopic (exact) mass is 286 g/mol. The van der Waals surface area contributed by atoms with Gasteiger partial charge in [-0.1, -0.05) is 25.9 Å². The minimum atomic E-state index is -0.934. The summed E-state index contributed by atoms with van der Waals surface area (Å²) < 4.78 is 22.6. The molecule has 2 rings (SSSR count). The summed E-state index contributed by atoms with van der Waals surface area (Å²) in [5.41, 5.74) is -0.135. The Morgan fingerprint density at radius 1 is 1.32 bits per heavy atom. The van der Waals surface area contributed by atoms with Gasteiger partial charge in [0, 0.05) is 35.2 Å². The van der Waals surface area contributed by atoms with E-state index in [0.717, 1.165) is 26.1 Å². The zero-order valence-electron chi connectivity index (χ0n) is 11.8. The molecule has 0 aromatic carbocycles. The van der Waals surface area contributed by atoms with Crippen molar-refractivity contribution < 1.29 is 13.5 Å². The van der Waals surface area contributed by atoms with Crippen molar-refractivity contribution in [1.29, 1.82) is 0 Å². The van der Waals surface area contributed by atoms with Crippen LogP contribution >= 0.6 is 0 Å². The summed E-state index contributed by atoms with van der Waals surface area (Å²) in [4.78, 5) is 4.32. The summed E-state index contributed by atoms with van der Waals surface area (Å²) in [6.45, 7) is 7.66. The molecule has 1 unspecified atom stereocenters. The molecule has 0 spiro atoms. The van der Waals surface area contributed by atoms with Crippen LogP contribution in [-0.4, -0.2) is 33.3 Å². The maximum absolute atomic E-state index is 12.1. The Bertz CT molecular complexity index is 433. The minimum absolute atomic E-state index is 0.135. The molecule has 1 fully saturated rings. The highest BCUT2D eigenvalue weighted by Crippen LogP contribution is 2.20. The largest absolute Gasteiger partial charge is 0.381 e. The third-order valence-electron chi connectivity index (χ3n) is 3.19. The van der Waals surface area contributed by atoms with Crippen LogP contribution in [0.3, 0.4) is 0 Å². The first-order valence-electron chi connectivity index (χ1n) is 6.71. The van der Waals surface area contributed by atoms with E-state index in [1.54, 1.807) is 0 Å². The standard InChI is InChI=1S/C13H22N2O3S/c1-13(2,3)12-14-11(18-15-12)9-19(16)8-10-4-6-17-7-5-10/h10H,4-9H2,1-3H3. The predicted octanol–water partition coefficient (Wildman–Crippen LogP) is 2.04. The first-order chi connectivity index (χ1) is 8.95. The summed E-state index contributed by atoms with van der Waals surface area (Å²) >= 11 is 0. The molecule has 1 aromatic rings. The maximum Gasteiger partial charge on any atom is 0.239 e. The van der Waals surface area contributed by atoms with E-state index in [0.29, 0.717) is 29.1 Å². The lowest BCUT2D eigenvalue weighted by molar-refractivity contribution is 0.0725. The van der Waals surface area contributed by atoms with E-state index in [4.69, 9.17) is 9.26 Å². The van der Waals surface area contributed by atoms with Crippen molar-refractivity contribution in [2.45, 2.75) is 44.8 Å². The van der Waals surface area contributed by atoms with Crippen molar-refractivity contribution in [2.75, 3.05) is 19.0 Å². The lowest BCUT2D eigenvalue weighted by atomic mass is 9.96. The lowest BCUT2D eigenvalue weighted by Crippen LogP contribution is -2.21. The van der Waals surface area contributed by atoms with Crippen LogP contribution in [-0.2, 0) is 26.7 Å². The molecule has 0 amide bonds. The van der Waals surface area contributed by atoms with Gasteiger partial charge in [0.2, 0.25) is 5.89 Å². The van der Waals surface area contributed by atoms with Gasteiger partial charge in [-0.05, 0) is 18.8 Å². The molecule has 0 saturated carbocycles. The lowest BCUT2D eigenvalue weighted by Gasteiger charge is -2.20. The zero-order valence-corrected chi connectivity index (χ0v) is 12.7. The van der Waals surface area contributed by atoms with Gasteiger partial charge in [-0.3, -0.25) is 4.21 Å². The molecule has 0 radical (unpaired) electrons. The summed E-state index contributed by atoms with van der Waals surface area (Å²) in [6.07, 6.45) is 2.01. The van der Waals surface area contributed by atoms with Crippen LogP contribution in [0.2, 0.25) is 0 Å². The summed E-state index contributed by atoms with van der Waals surface area (Å²) in [6, 6.07) is 0. The van der Waals surface area contributed by atoms with Gasteiger partial charge in [-0.2, -0.15) is 4.98 Å². The fourth-order valence-corrected chi connectivity index (χ4v) is 3.36. The Kier molecular flexibility index (Phi) is 4.73. The topological polar surface area (TPSA) is 65.2 Å². The molecular formula is C13H22N2O3S. The fraction of sp³-hybridized carbons (Fsp3) is 0.846. The van der Waals surface area contributed by atoms with E-state index >= 15 is 0 Å². The molecule has 108 valence electrons. The van der Waals surface area contributed by atoms with E-state index in [2.05, 4.69) is 10.1 Å². The van der Waals surface area contributed by atoms with Gasteiger partial charge in [0.15, 0.2) is 5.82 Å². The van der Waals surface area contributed by atoms with Crippen LogP contribution in [0, 0.1) is 5.92 Å². The average Bonchev–Trinajstić information content (AvgIpc) is 2.78. The van der Waals surface area contributed by atoms with Gasteiger partial charge >= 0.3 is 0 Å². The molecule has 1 atom stereocenters. The molecule has 19 heavy (non-hydrogen) atoms. The number of hydrogen-bond donors (Lipinski definition) is 0. The molecule has 1 saturated heterocycles. The van der Waals surface area contributed by atoms with Crippen molar-refractivity contribution >= 4 is 10.8 Å². The molecule has 5 nitrogen and oxygen atoms in total. The van der Waals surface area contributed by atoms with Gasteiger partial charge in [-0.25, -0.2) is 0 Å². The number of aromatic nitrogens is 2. The molecule has 1 aliphatic heterocycles. The third-order valence-corrected chi connectivity index (χ3v) is 4.60. The number of hydrogen-bond acceptors (Lipinski definition) is 5. The van der Waals surface area contributed by atoms with Crippen LogP contribution in [0.5, 0.6) is 0 Å².